The van der Waals surface area contributed by atoms with E-state index in [-0.39, 0.29) is 5.75 Å². The van der Waals surface area contributed by atoms with Gasteiger partial charge in [0.2, 0.25) is 10.0 Å². The van der Waals surface area contributed by atoms with Gasteiger partial charge in [0.25, 0.3) is 0 Å². The van der Waals surface area contributed by atoms with Crippen LogP contribution in [0.2, 0.25) is 0 Å². The number of pyridine rings is 1. The zero-order valence-electron chi connectivity index (χ0n) is 13.7. The first kappa shape index (κ1) is 16.2. The van der Waals surface area contributed by atoms with Crippen LogP contribution >= 0.6 is 0 Å². The third kappa shape index (κ3) is 3.19. The molecule has 0 spiro atoms. The lowest BCUT2D eigenvalue weighted by molar-refractivity contribution is 0.440. The van der Waals surface area contributed by atoms with Crippen LogP contribution in [-0.4, -0.2) is 41.1 Å². The lowest BCUT2D eigenvalue weighted by atomic mass is 10.0. The average molecular weight is 333 g/mol. The average Bonchev–Trinajstić information content (AvgIpc) is 2.91. The highest BCUT2D eigenvalue weighted by Gasteiger charge is 2.24. The monoisotopic (exact) mass is 333 g/mol. The van der Waals surface area contributed by atoms with E-state index in [1.165, 1.54) is 11.1 Å². The van der Waals surface area contributed by atoms with Crippen molar-refractivity contribution in [1.29, 1.82) is 0 Å². The van der Waals surface area contributed by atoms with Crippen molar-refractivity contribution in [3.8, 4) is 0 Å². The summed E-state index contributed by atoms with van der Waals surface area (Å²) in [5.41, 5.74) is 3.34. The molecule has 2 aromatic rings. The second kappa shape index (κ2) is 6.45. The number of aromatic nitrogens is 2. The third-order valence-corrected chi connectivity index (χ3v) is 6.32. The maximum atomic E-state index is 12.3. The summed E-state index contributed by atoms with van der Waals surface area (Å²) in [5, 5.41) is 1.13. The Labute approximate surface area is 137 Å². The summed E-state index contributed by atoms with van der Waals surface area (Å²) in [7, 11) is -1.13. The van der Waals surface area contributed by atoms with Crippen molar-refractivity contribution in [3.05, 3.63) is 36.2 Å². The fraction of sp³-hybridized carbons (Fsp3) is 0.471. The van der Waals surface area contributed by atoms with Crippen molar-refractivity contribution in [2.24, 2.45) is 7.05 Å². The van der Waals surface area contributed by atoms with Crippen molar-refractivity contribution in [2.75, 3.05) is 18.8 Å². The minimum absolute atomic E-state index is 0.255. The first-order valence-electron chi connectivity index (χ1n) is 8.10. The zero-order valence-corrected chi connectivity index (χ0v) is 14.5. The fourth-order valence-corrected chi connectivity index (χ4v) is 4.65. The van der Waals surface area contributed by atoms with Gasteiger partial charge in [-0.1, -0.05) is 19.4 Å². The molecular weight excluding hydrogens is 310 g/mol. The van der Waals surface area contributed by atoms with E-state index in [0.29, 0.717) is 13.1 Å². The molecule has 0 amide bonds. The summed E-state index contributed by atoms with van der Waals surface area (Å²) in [6.07, 6.45) is 8.31. The second-order valence-electron chi connectivity index (χ2n) is 6.04. The first-order valence-corrected chi connectivity index (χ1v) is 9.71. The molecule has 0 atom stereocenters. The smallest absolute Gasteiger partial charge is 0.214 e. The quantitative estimate of drug-likeness (QED) is 0.845. The normalized spacial score (nSPS) is 16.7. The van der Waals surface area contributed by atoms with Gasteiger partial charge in [0.05, 0.1) is 5.75 Å². The van der Waals surface area contributed by atoms with Crippen molar-refractivity contribution in [2.45, 2.75) is 26.2 Å². The Morgan fingerprint density at radius 1 is 1.35 bits per heavy atom. The minimum atomic E-state index is -3.12. The molecule has 0 N–H and O–H groups in total. The van der Waals surface area contributed by atoms with E-state index in [1.54, 1.807) is 10.5 Å². The summed E-state index contributed by atoms with van der Waals surface area (Å²) in [5.74, 6) is 0.255. The highest BCUT2D eigenvalue weighted by atomic mass is 32.2. The molecule has 0 bridgehead atoms. The number of aryl methyl sites for hydroxylation is 1. The number of hydrogen-bond donors (Lipinski definition) is 0. The molecule has 0 unspecified atom stereocenters. The fourth-order valence-electron chi connectivity index (χ4n) is 3.07. The van der Waals surface area contributed by atoms with Crippen molar-refractivity contribution >= 4 is 26.6 Å². The van der Waals surface area contributed by atoms with Crippen LogP contribution in [0, 0.1) is 0 Å². The Hall–Kier alpha value is -1.66. The van der Waals surface area contributed by atoms with Crippen LogP contribution in [0.15, 0.2) is 30.6 Å². The Morgan fingerprint density at radius 2 is 2.17 bits per heavy atom. The van der Waals surface area contributed by atoms with Crippen LogP contribution in [0.4, 0.5) is 0 Å². The van der Waals surface area contributed by atoms with Gasteiger partial charge in [0.15, 0.2) is 0 Å². The summed E-state index contributed by atoms with van der Waals surface area (Å²) in [6.45, 7) is 3.05. The molecule has 3 rings (SSSR count). The zero-order chi connectivity index (χ0) is 16.4. The number of hydrogen-bond acceptors (Lipinski definition) is 3. The van der Waals surface area contributed by atoms with Gasteiger partial charge < -0.3 is 4.57 Å². The van der Waals surface area contributed by atoms with Gasteiger partial charge >= 0.3 is 0 Å². The molecule has 5 nitrogen and oxygen atoms in total. The van der Waals surface area contributed by atoms with E-state index < -0.39 is 10.0 Å². The predicted molar refractivity (Wildman–Crippen MR) is 93.6 cm³/mol. The van der Waals surface area contributed by atoms with E-state index in [0.717, 1.165) is 30.3 Å². The van der Waals surface area contributed by atoms with Gasteiger partial charge in [-0.25, -0.2) is 13.4 Å². The summed E-state index contributed by atoms with van der Waals surface area (Å²) < 4.78 is 28.2. The Kier molecular flexibility index (Phi) is 4.55. The van der Waals surface area contributed by atoms with Gasteiger partial charge in [-0.05, 0) is 30.5 Å². The molecule has 0 aromatic carbocycles. The molecule has 6 heteroatoms. The molecule has 124 valence electrons. The first-order chi connectivity index (χ1) is 11.0. The molecule has 0 radical (unpaired) electrons. The lowest BCUT2D eigenvalue weighted by Gasteiger charge is -2.25. The highest BCUT2D eigenvalue weighted by Crippen LogP contribution is 2.30. The van der Waals surface area contributed by atoms with Crippen LogP contribution in [0.5, 0.6) is 0 Å². The molecular formula is C17H23N3O2S. The molecule has 0 saturated heterocycles. The van der Waals surface area contributed by atoms with E-state index in [2.05, 4.69) is 23.3 Å². The number of sulfonamides is 1. The van der Waals surface area contributed by atoms with E-state index in [4.69, 9.17) is 0 Å². The Balaban J connectivity index is 1.84. The Bertz CT molecular complexity index is 837. The lowest BCUT2D eigenvalue weighted by Crippen LogP contribution is -2.36. The summed E-state index contributed by atoms with van der Waals surface area (Å²) in [4.78, 5) is 4.41. The van der Waals surface area contributed by atoms with Crippen LogP contribution in [0.3, 0.4) is 0 Å². The molecule has 1 aliphatic heterocycles. The molecule has 3 heterocycles. The van der Waals surface area contributed by atoms with Gasteiger partial charge in [0, 0.05) is 43.5 Å². The predicted octanol–water partition coefficient (Wildman–Crippen LogP) is 2.79. The number of unbranched alkanes of at least 4 members (excludes halogenated alkanes) is 1. The van der Waals surface area contributed by atoms with Gasteiger partial charge in [0.1, 0.15) is 5.65 Å². The number of nitrogens with zero attached hydrogens (tertiary/aromatic N) is 3. The van der Waals surface area contributed by atoms with Crippen molar-refractivity contribution in [1.82, 2.24) is 13.9 Å². The van der Waals surface area contributed by atoms with E-state index >= 15 is 0 Å². The second-order valence-corrected chi connectivity index (χ2v) is 8.12. The maximum Gasteiger partial charge on any atom is 0.214 e. The molecule has 0 aliphatic carbocycles. The molecule has 23 heavy (non-hydrogen) atoms. The van der Waals surface area contributed by atoms with Crippen LogP contribution in [0.25, 0.3) is 16.6 Å². The maximum absolute atomic E-state index is 12.3. The van der Waals surface area contributed by atoms with E-state index in [9.17, 15) is 8.42 Å². The van der Waals surface area contributed by atoms with Gasteiger partial charge in [-0.2, -0.15) is 4.31 Å². The van der Waals surface area contributed by atoms with Crippen LogP contribution in [-0.2, 0) is 17.1 Å². The van der Waals surface area contributed by atoms with Gasteiger partial charge in [-0.15, -0.1) is 0 Å². The third-order valence-electron chi connectivity index (χ3n) is 4.40. The molecule has 0 fully saturated rings. The van der Waals surface area contributed by atoms with Crippen molar-refractivity contribution in [3.63, 3.8) is 0 Å². The number of rotatable bonds is 5. The van der Waals surface area contributed by atoms with Crippen LogP contribution in [0.1, 0.15) is 31.7 Å². The highest BCUT2D eigenvalue weighted by molar-refractivity contribution is 7.89. The largest absolute Gasteiger partial charge is 0.335 e. The number of fused-ring (bicyclic) bond motifs is 1. The van der Waals surface area contributed by atoms with Crippen molar-refractivity contribution < 1.29 is 8.42 Å². The molecule has 2 aromatic heterocycles. The molecule has 0 saturated carbocycles. The minimum Gasteiger partial charge on any atom is -0.335 e. The summed E-state index contributed by atoms with van der Waals surface area (Å²) >= 11 is 0. The standard InChI is InChI=1S/C17H23N3O2S/c1-3-4-12-23(21,22)20-10-7-14(8-11-20)16-13-19(2)17-15(16)6-5-9-18-17/h5-7,9,13H,3-4,8,10-12H2,1-2H3. The SMILES string of the molecule is CCCCS(=O)(=O)N1CC=C(c2cn(C)c3ncccc23)CC1. The van der Waals surface area contributed by atoms with Gasteiger partial charge in [-0.3, -0.25) is 0 Å². The topological polar surface area (TPSA) is 55.2 Å². The van der Waals surface area contributed by atoms with E-state index in [1.807, 2.05) is 24.6 Å². The molecule has 1 aliphatic rings. The van der Waals surface area contributed by atoms with Crippen LogP contribution < -0.4 is 0 Å². The summed E-state index contributed by atoms with van der Waals surface area (Å²) in [6, 6.07) is 4.01. The Morgan fingerprint density at radius 3 is 2.87 bits per heavy atom.